The minimum absolute atomic E-state index is 0.00715. The standard InChI is InChI=1S/C18H24ClN3O2/c1-10(23)21-16-9-14(19)5-6-15(16)22-18(24)13-7-11-3-2-4-12(8-13)17(11)20/h5-6,9,11-13,17H,2-4,7-8,20H2,1H3,(H,21,23)(H,22,24). The molecule has 3 rings (SSSR count). The summed E-state index contributed by atoms with van der Waals surface area (Å²) < 4.78 is 0. The highest BCUT2D eigenvalue weighted by Gasteiger charge is 2.40. The van der Waals surface area contributed by atoms with Crippen molar-refractivity contribution in [2.24, 2.45) is 23.5 Å². The second kappa shape index (κ2) is 7.11. The monoisotopic (exact) mass is 349 g/mol. The van der Waals surface area contributed by atoms with E-state index in [9.17, 15) is 9.59 Å². The summed E-state index contributed by atoms with van der Waals surface area (Å²) in [5.74, 6) is 0.696. The molecule has 0 aliphatic heterocycles. The largest absolute Gasteiger partial charge is 0.327 e. The second-order valence-electron chi connectivity index (χ2n) is 7.06. The lowest BCUT2D eigenvalue weighted by Gasteiger charge is -2.43. The summed E-state index contributed by atoms with van der Waals surface area (Å²) in [5.41, 5.74) is 7.41. The topological polar surface area (TPSA) is 84.2 Å². The number of benzene rings is 1. The fraction of sp³-hybridized carbons (Fsp3) is 0.556. The van der Waals surface area contributed by atoms with Crippen molar-refractivity contribution >= 4 is 34.8 Å². The van der Waals surface area contributed by atoms with Crippen LogP contribution in [0.25, 0.3) is 0 Å². The third-order valence-electron chi connectivity index (χ3n) is 5.33. The van der Waals surface area contributed by atoms with E-state index < -0.39 is 0 Å². The molecule has 2 atom stereocenters. The van der Waals surface area contributed by atoms with Crippen molar-refractivity contribution in [2.75, 3.05) is 10.6 Å². The molecule has 0 spiro atoms. The minimum Gasteiger partial charge on any atom is -0.327 e. The maximum Gasteiger partial charge on any atom is 0.227 e. The molecule has 0 heterocycles. The van der Waals surface area contributed by atoms with Gasteiger partial charge in [0.15, 0.2) is 0 Å². The average molecular weight is 350 g/mol. The first-order valence-electron chi connectivity index (χ1n) is 8.57. The van der Waals surface area contributed by atoms with Crippen LogP contribution in [0.3, 0.4) is 0 Å². The number of carbonyl (C=O) groups excluding carboxylic acids is 2. The number of amides is 2. The van der Waals surface area contributed by atoms with E-state index in [2.05, 4.69) is 10.6 Å². The van der Waals surface area contributed by atoms with Gasteiger partial charge in [-0.15, -0.1) is 0 Å². The van der Waals surface area contributed by atoms with Crippen molar-refractivity contribution in [2.45, 2.75) is 45.1 Å². The summed E-state index contributed by atoms with van der Waals surface area (Å²) in [6.07, 6.45) is 5.18. The fourth-order valence-electron chi connectivity index (χ4n) is 4.16. The highest BCUT2D eigenvalue weighted by molar-refractivity contribution is 6.31. The lowest BCUT2D eigenvalue weighted by Crippen LogP contribution is -2.48. The lowest BCUT2D eigenvalue weighted by molar-refractivity contribution is -0.122. The van der Waals surface area contributed by atoms with E-state index in [0.717, 1.165) is 25.7 Å². The molecule has 1 aromatic carbocycles. The number of hydrogen-bond acceptors (Lipinski definition) is 3. The van der Waals surface area contributed by atoms with Gasteiger partial charge in [-0.2, -0.15) is 0 Å². The molecule has 0 saturated heterocycles. The molecule has 2 aliphatic rings. The summed E-state index contributed by atoms with van der Waals surface area (Å²) in [4.78, 5) is 24.1. The normalized spacial score (nSPS) is 29.0. The number of nitrogens with one attached hydrogen (secondary N) is 2. The molecular weight excluding hydrogens is 326 g/mol. The maximum absolute atomic E-state index is 12.7. The molecule has 6 heteroatoms. The van der Waals surface area contributed by atoms with Gasteiger partial charge in [-0.3, -0.25) is 9.59 Å². The van der Waals surface area contributed by atoms with Crippen LogP contribution >= 0.6 is 11.6 Å². The Labute approximate surface area is 147 Å². The smallest absolute Gasteiger partial charge is 0.227 e. The van der Waals surface area contributed by atoms with Gasteiger partial charge in [-0.1, -0.05) is 18.0 Å². The highest BCUT2D eigenvalue weighted by Crippen LogP contribution is 2.42. The van der Waals surface area contributed by atoms with Crippen LogP contribution in [0.1, 0.15) is 39.0 Å². The van der Waals surface area contributed by atoms with Crippen molar-refractivity contribution in [3.05, 3.63) is 23.2 Å². The van der Waals surface area contributed by atoms with E-state index in [4.69, 9.17) is 17.3 Å². The van der Waals surface area contributed by atoms with Gasteiger partial charge in [0.1, 0.15) is 0 Å². The van der Waals surface area contributed by atoms with Gasteiger partial charge < -0.3 is 16.4 Å². The Bertz CT molecular complexity index is 635. The van der Waals surface area contributed by atoms with Crippen molar-refractivity contribution in [3.63, 3.8) is 0 Å². The zero-order chi connectivity index (χ0) is 17.3. The third kappa shape index (κ3) is 3.73. The number of carbonyl (C=O) groups is 2. The number of rotatable bonds is 3. The summed E-state index contributed by atoms with van der Waals surface area (Å²) in [6, 6.07) is 5.31. The molecule has 2 bridgehead atoms. The molecule has 24 heavy (non-hydrogen) atoms. The highest BCUT2D eigenvalue weighted by atomic mass is 35.5. The van der Waals surface area contributed by atoms with Gasteiger partial charge in [-0.25, -0.2) is 0 Å². The molecule has 2 saturated carbocycles. The van der Waals surface area contributed by atoms with Crippen LogP contribution in [-0.2, 0) is 9.59 Å². The maximum atomic E-state index is 12.7. The van der Waals surface area contributed by atoms with Crippen LogP contribution in [-0.4, -0.2) is 17.9 Å². The summed E-state index contributed by atoms with van der Waals surface area (Å²) in [6.45, 7) is 1.43. The van der Waals surface area contributed by atoms with Crippen molar-refractivity contribution < 1.29 is 9.59 Å². The predicted octanol–water partition coefficient (Wildman–Crippen LogP) is 3.39. The molecule has 0 radical (unpaired) electrons. The average Bonchev–Trinajstić information content (AvgIpc) is 2.49. The van der Waals surface area contributed by atoms with E-state index >= 15 is 0 Å². The molecule has 5 nitrogen and oxygen atoms in total. The van der Waals surface area contributed by atoms with Gasteiger partial charge in [0.05, 0.1) is 11.4 Å². The molecule has 2 unspecified atom stereocenters. The van der Waals surface area contributed by atoms with Crippen molar-refractivity contribution in [1.29, 1.82) is 0 Å². The first-order valence-corrected chi connectivity index (χ1v) is 8.95. The molecule has 1 aromatic rings. The fourth-order valence-corrected chi connectivity index (χ4v) is 4.33. The van der Waals surface area contributed by atoms with E-state index in [1.807, 2.05) is 0 Å². The number of halogens is 1. The van der Waals surface area contributed by atoms with E-state index in [1.54, 1.807) is 18.2 Å². The van der Waals surface area contributed by atoms with Gasteiger partial charge in [0.2, 0.25) is 11.8 Å². The molecule has 130 valence electrons. The predicted molar refractivity (Wildman–Crippen MR) is 95.9 cm³/mol. The Hall–Kier alpha value is -1.59. The molecule has 2 amide bonds. The molecular formula is C18H24ClN3O2. The Balaban J connectivity index is 1.72. The Morgan fingerprint density at radius 2 is 1.79 bits per heavy atom. The van der Waals surface area contributed by atoms with Crippen LogP contribution in [0.2, 0.25) is 5.02 Å². The van der Waals surface area contributed by atoms with Crippen molar-refractivity contribution in [3.8, 4) is 0 Å². The van der Waals surface area contributed by atoms with E-state index in [0.29, 0.717) is 28.2 Å². The molecule has 2 aliphatic carbocycles. The lowest BCUT2D eigenvalue weighted by atomic mass is 9.65. The Morgan fingerprint density at radius 1 is 1.12 bits per heavy atom. The summed E-state index contributed by atoms with van der Waals surface area (Å²) >= 11 is 5.99. The summed E-state index contributed by atoms with van der Waals surface area (Å²) in [5, 5.41) is 6.18. The molecule has 4 N–H and O–H groups in total. The second-order valence-corrected chi connectivity index (χ2v) is 7.49. The molecule has 2 fully saturated rings. The van der Waals surface area contributed by atoms with Crippen LogP contribution in [0.5, 0.6) is 0 Å². The minimum atomic E-state index is -0.203. The van der Waals surface area contributed by atoms with Crippen LogP contribution in [0.4, 0.5) is 11.4 Å². The van der Waals surface area contributed by atoms with E-state index in [1.165, 1.54) is 13.3 Å². The first kappa shape index (κ1) is 17.2. The number of anilines is 2. The number of nitrogens with two attached hydrogens (primary N) is 1. The Morgan fingerprint density at radius 3 is 2.42 bits per heavy atom. The van der Waals surface area contributed by atoms with Crippen LogP contribution in [0, 0.1) is 17.8 Å². The molecule has 0 aromatic heterocycles. The first-order chi connectivity index (χ1) is 11.4. The summed E-state index contributed by atoms with van der Waals surface area (Å²) in [7, 11) is 0. The van der Waals surface area contributed by atoms with Gasteiger partial charge in [-0.05, 0) is 55.7 Å². The third-order valence-corrected chi connectivity index (χ3v) is 5.57. The SMILES string of the molecule is CC(=O)Nc1cc(Cl)ccc1NC(=O)C1CC2CCCC(C1)C2N. The van der Waals surface area contributed by atoms with Crippen LogP contribution < -0.4 is 16.4 Å². The van der Waals surface area contributed by atoms with Crippen molar-refractivity contribution in [1.82, 2.24) is 0 Å². The van der Waals surface area contributed by atoms with Crippen LogP contribution in [0.15, 0.2) is 18.2 Å². The number of fused-ring (bicyclic) bond motifs is 2. The number of hydrogen-bond donors (Lipinski definition) is 3. The zero-order valence-electron chi connectivity index (χ0n) is 13.8. The van der Waals surface area contributed by atoms with E-state index in [-0.39, 0.29) is 23.8 Å². The Kier molecular flexibility index (Phi) is 5.11. The zero-order valence-corrected chi connectivity index (χ0v) is 14.6. The van der Waals surface area contributed by atoms with Gasteiger partial charge in [0, 0.05) is 23.9 Å². The van der Waals surface area contributed by atoms with Gasteiger partial charge >= 0.3 is 0 Å². The quantitative estimate of drug-likeness (QED) is 0.782. The van der Waals surface area contributed by atoms with Gasteiger partial charge in [0.25, 0.3) is 0 Å².